The lowest BCUT2D eigenvalue weighted by atomic mass is 9.84. The number of nitrogens with one attached hydrogen (secondary N) is 1. The van der Waals surface area contributed by atoms with Gasteiger partial charge in [-0.15, -0.1) is 0 Å². The highest BCUT2D eigenvalue weighted by atomic mass is 16.6. The highest BCUT2D eigenvalue weighted by molar-refractivity contribution is 5.76. The van der Waals surface area contributed by atoms with Crippen molar-refractivity contribution in [3.05, 3.63) is 23.8 Å². The van der Waals surface area contributed by atoms with E-state index in [4.69, 9.17) is 23.7 Å². The Hall–Kier alpha value is -2.23. The predicted octanol–water partition coefficient (Wildman–Crippen LogP) is 2.62. The molecule has 2 aliphatic carbocycles. The van der Waals surface area contributed by atoms with Crippen LogP contribution in [-0.4, -0.2) is 123 Å². The van der Waals surface area contributed by atoms with Gasteiger partial charge in [0.05, 0.1) is 57.8 Å². The molecule has 5 N–H and O–H groups in total. The number of rotatable bonds is 28. The minimum absolute atomic E-state index is 0.0470. The summed E-state index contributed by atoms with van der Waals surface area (Å²) in [4.78, 5) is 36.1. The molecule has 2 aliphatic rings. The first-order valence-electron chi connectivity index (χ1n) is 18.3. The van der Waals surface area contributed by atoms with E-state index in [2.05, 4.69) is 11.4 Å². The fourth-order valence-corrected chi connectivity index (χ4v) is 6.30. The van der Waals surface area contributed by atoms with Gasteiger partial charge >= 0.3 is 5.97 Å². The monoisotopic (exact) mass is 713 g/mol. The first-order chi connectivity index (χ1) is 24.0. The van der Waals surface area contributed by atoms with Crippen molar-refractivity contribution in [1.82, 2.24) is 5.32 Å². The molecule has 0 spiro atoms. The molecule has 0 heterocycles. The average molecular weight is 714 g/mol. The summed E-state index contributed by atoms with van der Waals surface area (Å²) in [6, 6.07) is 0. The molecule has 0 bridgehead atoms. The molecular weight excluding hydrogens is 650 g/mol. The van der Waals surface area contributed by atoms with E-state index >= 15 is 0 Å². The number of carbonyl (C=O) groups excluding carboxylic acids is 3. The molecule has 0 saturated heterocycles. The lowest BCUT2D eigenvalue weighted by molar-refractivity contribution is -0.174. The van der Waals surface area contributed by atoms with Gasteiger partial charge in [0.1, 0.15) is 12.4 Å². The maximum atomic E-state index is 12.5. The van der Waals surface area contributed by atoms with E-state index in [0.717, 1.165) is 31.3 Å². The molecule has 2 rings (SSSR count). The molecule has 0 aromatic heterocycles. The van der Waals surface area contributed by atoms with E-state index in [1.54, 1.807) is 6.92 Å². The Kier molecular flexibility index (Phi) is 21.8. The SMILES string of the molecule is CCOCC(CCCCCC(=O)OCC1=CC=CCC1)(COCCC(C)=O)COCCC(=O)NCCCOC(O)C1C(O)C(C)C(CO)C1O. The summed E-state index contributed by atoms with van der Waals surface area (Å²) in [7, 11) is 0. The number of hydrogen-bond donors (Lipinski definition) is 5. The second kappa shape index (κ2) is 24.9. The van der Waals surface area contributed by atoms with Gasteiger partial charge in [0, 0.05) is 50.4 Å². The normalized spacial score (nSPS) is 23.7. The van der Waals surface area contributed by atoms with Crippen molar-refractivity contribution in [2.45, 2.75) is 103 Å². The average Bonchev–Trinajstić information content (AvgIpc) is 3.32. The van der Waals surface area contributed by atoms with Crippen molar-refractivity contribution in [3.63, 3.8) is 0 Å². The summed E-state index contributed by atoms with van der Waals surface area (Å²) >= 11 is 0. The quantitative estimate of drug-likeness (QED) is 0.0454. The molecule has 0 aromatic rings. The molecule has 7 atom stereocenters. The second-order valence-corrected chi connectivity index (χ2v) is 13.7. The zero-order chi connectivity index (χ0) is 36.8. The van der Waals surface area contributed by atoms with Gasteiger partial charge in [-0.05, 0) is 57.4 Å². The van der Waals surface area contributed by atoms with Gasteiger partial charge in [-0.25, -0.2) is 0 Å². The zero-order valence-electron chi connectivity index (χ0n) is 30.4. The van der Waals surface area contributed by atoms with Crippen molar-refractivity contribution in [2.75, 3.05) is 66.0 Å². The Bertz CT molecular complexity index is 1050. The molecule has 1 fully saturated rings. The van der Waals surface area contributed by atoms with Gasteiger partial charge < -0.3 is 49.4 Å². The summed E-state index contributed by atoms with van der Waals surface area (Å²) in [6.07, 6.45) is 8.76. The standard InChI is InChI=1S/C37H63NO12/c1-4-46-24-37(25-47-20-15-27(2)40,17-10-6-9-14-32(42)50-23-29-12-7-5-8-13-29)26-48-21-16-31(41)38-18-11-19-49-36(45)33-34(43)28(3)30(22-39)35(33)44/h5,7,12,28,30,33-36,39,43-45H,4,6,8-11,13-26H2,1-3H3,(H,38,41). The van der Waals surface area contributed by atoms with Crippen LogP contribution in [0.4, 0.5) is 0 Å². The van der Waals surface area contributed by atoms with Crippen LogP contribution in [0.5, 0.6) is 0 Å². The van der Waals surface area contributed by atoms with Gasteiger partial charge in [0.25, 0.3) is 0 Å². The number of amides is 1. The Labute approximate surface area is 297 Å². The maximum absolute atomic E-state index is 12.5. The third-order valence-electron chi connectivity index (χ3n) is 9.52. The van der Waals surface area contributed by atoms with Crippen LogP contribution < -0.4 is 5.32 Å². The minimum atomic E-state index is -1.39. The van der Waals surface area contributed by atoms with Crippen LogP contribution in [0.15, 0.2) is 23.8 Å². The molecule has 50 heavy (non-hydrogen) atoms. The first-order valence-corrected chi connectivity index (χ1v) is 18.3. The number of hydrogen-bond acceptors (Lipinski definition) is 12. The third-order valence-corrected chi connectivity index (χ3v) is 9.52. The molecule has 7 unspecified atom stereocenters. The van der Waals surface area contributed by atoms with E-state index in [9.17, 15) is 34.8 Å². The lowest BCUT2D eigenvalue weighted by Crippen LogP contribution is -2.38. The van der Waals surface area contributed by atoms with Crippen LogP contribution in [-0.2, 0) is 38.1 Å². The number of ketones is 1. The van der Waals surface area contributed by atoms with Crippen LogP contribution in [0, 0.1) is 23.2 Å². The summed E-state index contributed by atoms with van der Waals surface area (Å²) in [5.74, 6) is -2.19. The Morgan fingerprint density at radius 2 is 1.68 bits per heavy atom. The smallest absolute Gasteiger partial charge is 0.306 e. The first kappa shape index (κ1) is 43.9. The van der Waals surface area contributed by atoms with Crippen LogP contribution in [0.25, 0.3) is 0 Å². The number of Topliss-reactive ketones (excluding diaryl/α,β-unsaturated/α-hetero) is 1. The largest absolute Gasteiger partial charge is 0.461 e. The molecular formula is C37H63NO12. The van der Waals surface area contributed by atoms with Crippen molar-refractivity contribution in [3.8, 4) is 0 Å². The van der Waals surface area contributed by atoms with Gasteiger partial charge in [0.15, 0.2) is 6.29 Å². The Balaban J connectivity index is 1.73. The highest BCUT2D eigenvalue weighted by Gasteiger charge is 2.50. The molecule has 1 saturated carbocycles. The molecule has 0 aromatic carbocycles. The highest BCUT2D eigenvalue weighted by Crippen LogP contribution is 2.38. The Morgan fingerprint density at radius 3 is 2.32 bits per heavy atom. The van der Waals surface area contributed by atoms with Crippen molar-refractivity contribution < 1.29 is 58.5 Å². The van der Waals surface area contributed by atoms with Crippen molar-refractivity contribution in [2.24, 2.45) is 23.2 Å². The zero-order valence-corrected chi connectivity index (χ0v) is 30.4. The number of aliphatic hydroxyl groups excluding tert-OH is 4. The second-order valence-electron chi connectivity index (χ2n) is 13.7. The van der Waals surface area contributed by atoms with Gasteiger partial charge in [-0.2, -0.15) is 0 Å². The number of unbranched alkanes of at least 4 members (excludes halogenated alkanes) is 2. The lowest BCUT2D eigenvalue weighted by Gasteiger charge is -2.33. The minimum Gasteiger partial charge on any atom is -0.461 e. The summed E-state index contributed by atoms with van der Waals surface area (Å²) in [5.41, 5.74) is 0.639. The number of carbonyl (C=O) groups is 3. The van der Waals surface area contributed by atoms with Crippen LogP contribution in [0.2, 0.25) is 0 Å². The summed E-state index contributed by atoms with van der Waals surface area (Å²) < 4.78 is 28.6. The Morgan fingerprint density at radius 1 is 0.960 bits per heavy atom. The molecule has 13 heteroatoms. The molecule has 288 valence electrons. The third kappa shape index (κ3) is 16.4. The fourth-order valence-electron chi connectivity index (χ4n) is 6.30. The summed E-state index contributed by atoms with van der Waals surface area (Å²) in [6.45, 7) is 7.63. The van der Waals surface area contributed by atoms with E-state index in [0.29, 0.717) is 78.3 Å². The number of ether oxygens (including phenoxy) is 5. The number of esters is 1. The van der Waals surface area contributed by atoms with Crippen molar-refractivity contribution >= 4 is 17.7 Å². The molecule has 0 aliphatic heterocycles. The molecule has 13 nitrogen and oxygen atoms in total. The number of allylic oxidation sites excluding steroid dienone is 3. The topological polar surface area (TPSA) is 190 Å². The summed E-state index contributed by atoms with van der Waals surface area (Å²) in [5, 5.41) is 43.4. The fraction of sp³-hybridized carbons (Fsp3) is 0.811. The van der Waals surface area contributed by atoms with Crippen LogP contribution in [0.3, 0.4) is 0 Å². The van der Waals surface area contributed by atoms with Crippen LogP contribution >= 0.6 is 0 Å². The maximum Gasteiger partial charge on any atom is 0.306 e. The van der Waals surface area contributed by atoms with E-state index in [1.807, 2.05) is 19.1 Å². The predicted molar refractivity (Wildman–Crippen MR) is 186 cm³/mol. The van der Waals surface area contributed by atoms with Gasteiger partial charge in [-0.1, -0.05) is 38.0 Å². The van der Waals surface area contributed by atoms with Gasteiger partial charge in [-0.3, -0.25) is 14.4 Å². The van der Waals surface area contributed by atoms with Crippen LogP contribution in [0.1, 0.15) is 85.0 Å². The number of aliphatic hydroxyl groups is 4. The molecule has 1 amide bonds. The van der Waals surface area contributed by atoms with Crippen molar-refractivity contribution in [1.29, 1.82) is 0 Å². The van der Waals surface area contributed by atoms with E-state index < -0.39 is 35.7 Å². The molecule has 0 radical (unpaired) electrons. The van der Waals surface area contributed by atoms with E-state index in [-0.39, 0.29) is 49.8 Å². The van der Waals surface area contributed by atoms with E-state index in [1.165, 1.54) is 6.92 Å². The van der Waals surface area contributed by atoms with Gasteiger partial charge in [0.2, 0.25) is 5.91 Å².